The predicted molar refractivity (Wildman–Crippen MR) is 67.4 cm³/mol. The van der Waals surface area contributed by atoms with Crippen LogP contribution in [0.15, 0.2) is 22.7 Å². The van der Waals surface area contributed by atoms with Gasteiger partial charge in [0.05, 0.1) is 17.3 Å². The highest BCUT2D eigenvalue weighted by Crippen LogP contribution is 2.29. The van der Waals surface area contributed by atoms with Crippen LogP contribution in [0.3, 0.4) is 0 Å². The molecule has 0 aromatic heterocycles. The molecule has 84 valence electrons. The summed E-state index contributed by atoms with van der Waals surface area (Å²) in [5.74, 6) is 0.265. The number of carbonyl (C=O) groups is 1. The number of amides is 2. The Hall–Kier alpha value is -1.07. The molecule has 0 bridgehead atoms. The number of anilines is 1. The van der Waals surface area contributed by atoms with Crippen LogP contribution in [0.25, 0.3) is 0 Å². The van der Waals surface area contributed by atoms with E-state index in [1.807, 2.05) is 0 Å². The molecule has 1 heterocycles. The quantitative estimate of drug-likeness (QED) is 0.852. The minimum atomic E-state index is -0.195. The van der Waals surface area contributed by atoms with Crippen LogP contribution in [0.2, 0.25) is 5.02 Å². The number of benzene rings is 1. The average Bonchev–Trinajstić information content (AvgIpc) is 2.47. The number of carbonyl (C=O) groups excluding carboxylic acids is 1. The maximum absolute atomic E-state index is 11.8. The molecule has 1 aliphatic heterocycles. The normalized spacial score (nSPS) is 16.2. The molecule has 0 radical (unpaired) electrons. The number of hydrogen-bond acceptors (Lipinski definition) is 2. The van der Waals surface area contributed by atoms with E-state index in [2.05, 4.69) is 15.9 Å². The van der Waals surface area contributed by atoms with Gasteiger partial charge in [-0.3, -0.25) is 5.41 Å². The summed E-state index contributed by atoms with van der Waals surface area (Å²) >= 11 is 9.17. The molecule has 0 atom stereocenters. The summed E-state index contributed by atoms with van der Waals surface area (Å²) in [5, 5.41) is 8.32. The van der Waals surface area contributed by atoms with Crippen LogP contribution in [-0.2, 0) is 0 Å². The second kappa shape index (κ2) is 4.07. The van der Waals surface area contributed by atoms with E-state index in [0.717, 1.165) is 0 Å². The molecule has 1 aromatic rings. The van der Waals surface area contributed by atoms with Gasteiger partial charge in [-0.2, -0.15) is 0 Å². The first kappa shape index (κ1) is 11.4. The Balaban J connectivity index is 2.41. The van der Waals surface area contributed by atoms with Crippen molar-refractivity contribution >= 4 is 45.1 Å². The van der Waals surface area contributed by atoms with E-state index in [1.54, 1.807) is 25.2 Å². The maximum atomic E-state index is 11.8. The van der Waals surface area contributed by atoms with E-state index < -0.39 is 0 Å². The van der Waals surface area contributed by atoms with Crippen LogP contribution in [0, 0.1) is 5.41 Å². The molecule has 0 aliphatic carbocycles. The number of nitrogens with one attached hydrogen (secondary N) is 1. The van der Waals surface area contributed by atoms with E-state index in [1.165, 1.54) is 9.80 Å². The first-order valence-corrected chi connectivity index (χ1v) is 5.75. The Kier molecular flexibility index (Phi) is 2.90. The zero-order valence-electron chi connectivity index (χ0n) is 8.50. The number of likely N-dealkylation sites (N-methyl/N-ethyl adjacent to an activating group) is 1. The van der Waals surface area contributed by atoms with E-state index >= 15 is 0 Å². The zero-order chi connectivity index (χ0) is 11.9. The van der Waals surface area contributed by atoms with E-state index in [4.69, 9.17) is 17.0 Å². The van der Waals surface area contributed by atoms with E-state index in [9.17, 15) is 4.79 Å². The minimum Gasteiger partial charge on any atom is -0.320 e. The molecule has 4 nitrogen and oxygen atoms in total. The SMILES string of the molecule is CN1CC(=N)N(c2ccc(Cl)c(Br)c2)C1=O. The number of halogens is 2. The molecular weight excluding hydrogens is 293 g/mol. The first-order valence-electron chi connectivity index (χ1n) is 4.58. The number of hydrogen-bond donors (Lipinski definition) is 1. The minimum absolute atomic E-state index is 0.195. The van der Waals surface area contributed by atoms with Crippen molar-refractivity contribution in [1.82, 2.24) is 4.90 Å². The van der Waals surface area contributed by atoms with Gasteiger partial charge in [-0.15, -0.1) is 0 Å². The maximum Gasteiger partial charge on any atom is 0.330 e. The summed E-state index contributed by atoms with van der Waals surface area (Å²) in [5.41, 5.74) is 0.649. The Morgan fingerprint density at radius 3 is 2.69 bits per heavy atom. The Morgan fingerprint density at radius 2 is 2.19 bits per heavy atom. The van der Waals surface area contributed by atoms with Gasteiger partial charge in [-0.25, -0.2) is 9.69 Å². The summed E-state index contributed by atoms with van der Waals surface area (Å²) in [7, 11) is 1.67. The van der Waals surface area contributed by atoms with Crippen molar-refractivity contribution < 1.29 is 4.79 Å². The highest BCUT2D eigenvalue weighted by Gasteiger charge is 2.32. The monoisotopic (exact) mass is 301 g/mol. The van der Waals surface area contributed by atoms with Crippen LogP contribution in [0.1, 0.15) is 0 Å². The summed E-state index contributed by atoms with van der Waals surface area (Å²) in [6, 6.07) is 4.95. The van der Waals surface area contributed by atoms with Crippen molar-refractivity contribution in [1.29, 1.82) is 5.41 Å². The second-order valence-electron chi connectivity index (χ2n) is 3.52. The fourth-order valence-electron chi connectivity index (χ4n) is 1.54. The van der Waals surface area contributed by atoms with Gasteiger partial charge in [0.15, 0.2) is 0 Å². The molecule has 1 aromatic carbocycles. The smallest absolute Gasteiger partial charge is 0.320 e. The van der Waals surface area contributed by atoms with Gasteiger partial charge >= 0.3 is 6.03 Å². The number of urea groups is 1. The first-order chi connectivity index (χ1) is 7.50. The van der Waals surface area contributed by atoms with E-state index in [0.29, 0.717) is 21.7 Å². The largest absolute Gasteiger partial charge is 0.330 e. The van der Waals surface area contributed by atoms with Crippen molar-refractivity contribution in [2.75, 3.05) is 18.5 Å². The molecule has 6 heteroatoms. The second-order valence-corrected chi connectivity index (χ2v) is 4.78. The van der Waals surface area contributed by atoms with Crippen LogP contribution in [0.5, 0.6) is 0 Å². The third-order valence-corrected chi connectivity index (χ3v) is 3.55. The van der Waals surface area contributed by atoms with Crippen LogP contribution in [-0.4, -0.2) is 30.4 Å². The van der Waals surface area contributed by atoms with Crippen LogP contribution >= 0.6 is 27.5 Å². The lowest BCUT2D eigenvalue weighted by atomic mass is 10.3. The van der Waals surface area contributed by atoms with Gasteiger partial charge in [0.25, 0.3) is 0 Å². The lowest BCUT2D eigenvalue weighted by Gasteiger charge is -2.16. The van der Waals surface area contributed by atoms with Crippen molar-refractivity contribution in [2.45, 2.75) is 0 Å². The molecule has 1 aliphatic rings. The molecule has 1 N–H and O–H groups in total. The summed E-state index contributed by atoms with van der Waals surface area (Å²) < 4.78 is 0.710. The molecule has 0 unspecified atom stereocenters. The van der Waals surface area contributed by atoms with Crippen LogP contribution < -0.4 is 4.90 Å². The fourth-order valence-corrected chi connectivity index (χ4v) is 2.02. The number of amidine groups is 1. The molecule has 1 saturated heterocycles. The fraction of sp³-hybridized carbons (Fsp3) is 0.200. The number of nitrogens with zero attached hydrogens (tertiary/aromatic N) is 2. The molecule has 0 spiro atoms. The third kappa shape index (κ3) is 1.81. The van der Waals surface area contributed by atoms with Crippen molar-refractivity contribution in [3.05, 3.63) is 27.7 Å². The van der Waals surface area contributed by atoms with Gasteiger partial charge < -0.3 is 4.90 Å². The van der Waals surface area contributed by atoms with E-state index in [-0.39, 0.29) is 11.9 Å². The average molecular weight is 303 g/mol. The van der Waals surface area contributed by atoms with Gasteiger partial charge in [-0.1, -0.05) is 11.6 Å². The Bertz CT molecular complexity index is 477. The van der Waals surface area contributed by atoms with Gasteiger partial charge in [0.1, 0.15) is 5.84 Å². The Morgan fingerprint density at radius 1 is 1.50 bits per heavy atom. The van der Waals surface area contributed by atoms with Crippen molar-refractivity contribution in [2.24, 2.45) is 0 Å². The molecule has 16 heavy (non-hydrogen) atoms. The lowest BCUT2D eigenvalue weighted by molar-refractivity contribution is 0.229. The summed E-state index contributed by atoms with van der Waals surface area (Å²) in [6.07, 6.45) is 0. The van der Waals surface area contributed by atoms with Crippen LogP contribution in [0.4, 0.5) is 10.5 Å². The third-order valence-electron chi connectivity index (χ3n) is 2.34. The molecule has 0 saturated carbocycles. The molecule has 2 amide bonds. The van der Waals surface area contributed by atoms with Crippen molar-refractivity contribution in [3.63, 3.8) is 0 Å². The standard InChI is InChI=1S/C10H9BrClN3O/c1-14-5-9(13)15(10(14)16)6-2-3-8(12)7(11)4-6/h2-4,13H,5H2,1H3. The molecular formula is C10H9BrClN3O. The molecule has 1 fully saturated rings. The van der Waals surface area contributed by atoms with Gasteiger partial charge in [-0.05, 0) is 34.1 Å². The predicted octanol–water partition coefficient (Wildman–Crippen LogP) is 2.95. The topological polar surface area (TPSA) is 47.4 Å². The summed E-state index contributed by atoms with van der Waals surface area (Å²) in [6.45, 7) is 0.332. The highest BCUT2D eigenvalue weighted by molar-refractivity contribution is 9.10. The highest BCUT2D eigenvalue weighted by atomic mass is 79.9. The summed E-state index contributed by atoms with van der Waals surface area (Å²) in [4.78, 5) is 14.6. The molecule has 2 rings (SSSR count). The van der Waals surface area contributed by atoms with Gasteiger partial charge in [0.2, 0.25) is 0 Å². The van der Waals surface area contributed by atoms with Gasteiger partial charge in [0, 0.05) is 11.5 Å². The zero-order valence-corrected chi connectivity index (χ0v) is 10.8. The lowest BCUT2D eigenvalue weighted by Crippen LogP contribution is -2.31. The number of rotatable bonds is 1. The Labute approximate surface area is 106 Å². The van der Waals surface area contributed by atoms with Crippen molar-refractivity contribution in [3.8, 4) is 0 Å².